The summed E-state index contributed by atoms with van der Waals surface area (Å²) in [6, 6.07) is 16.1. The molecule has 0 radical (unpaired) electrons. The Morgan fingerprint density at radius 3 is 2.29 bits per heavy atom. The van der Waals surface area contributed by atoms with Crippen LogP contribution in [-0.2, 0) is 9.59 Å². The first-order chi connectivity index (χ1) is 16.7. The van der Waals surface area contributed by atoms with Crippen LogP contribution in [0.2, 0.25) is 0 Å². The highest BCUT2D eigenvalue weighted by molar-refractivity contribution is 8.00. The van der Waals surface area contributed by atoms with E-state index in [9.17, 15) is 23.2 Å². The molecule has 2 amide bonds. The molecule has 0 spiro atoms. The first-order valence-corrected chi connectivity index (χ1v) is 11.4. The molecule has 0 saturated carbocycles. The monoisotopic (exact) mass is 494 g/mol. The van der Waals surface area contributed by atoms with Gasteiger partial charge in [0.2, 0.25) is 11.8 Å². The predicted octanol–water partition coefficient (Wildman–Crippen LogP) is 4.74. The molecule has 1 aromatic heterocycles. The Morgan fingerprint density at radius 2 is 1.63 bits per heavy atom. The van der Waals surface area contributed by atoms with E-state index in [1.165, 1.54) is 6.92 Å². The molecule has 7 nitrogen and oxygen atoms in total. The maximum atomic E-state index is 14.6. The number of para-hydroxylation sites is 1. The number of nitrogens with zero attached hydrogens (tertiary/aromatic N) is 2. The van der Waals surface area contributed by atoms with E-state index in [-0.39, 0.29) is 28.0 Å². The molecule has 3 aromatic carbocycles. The van der Waals surface area contributed by atoms with Crippen molar-refractivity contribution in [3.05, 3.63) is 88.7 Å². The van der Waals surface area contributed by atoms with Crippen molar-refractivity contribution in [3.63, 3.8) is 0 Å². The Hall–Kier alpha value is -4.05. The molecule has 0 bridgehead atoms. The summed E-state index contributed by atoms with van der Waals surface area (Å²) in [5.74, 6) is -2.30. The molecule has 1 atom stereocenters. The molecule has 178 valence electrons. The molecule has 4 rings (SSSR count). The van der Waals surface area contributed by atoms with Gasteiger partial charge in [-0.2, -0.15) is 0 Å². The van der Waals surface area contributed by atoms with Crippen LogP contribution in [0.25, 0.3) is 16.6 Å². The average Bonchev–Trinajstić information content (AvgIpc) is 2.81. The average molecular weight is 495 g/mol. The fourth-order valence-electron chi connectivity index (χ4n) is 3.36. The van der Waals surface area contributed by atoms with Crippen LogP contribution in [0.4, 0.5) is 20.2 Å². The maximum absolute atomic E-state index is 14.6. The molecule has 0 saturated heterocycles. The van der Waals surface area contributed by atoms with Crippen molar-refractivity contribution in [1.82, 2.24) is 9.55 Å². The standard InChI is InChI=1S/C25H20F2N4O3S/c1-14(23(33)29-18-10-8-17(9-11-18)28-15(2)32)35-25-30-21-6-4-3-5-19(21)24(34)31(25)22-12-7-16(26)13-20(22)27/h3-14H,1-2H3,(H,28,32)(H,29,33). The molecule has 2 N–H and O–H groups in total. The van der Waals surface area contributed by atoms with Crippen molar-refractivity contribution in [2.75, 3.05) is 10.6 Å². The highest BCUT2D eigenvalue weighted by atomic mass is 32.2. The second kappa shape index (κ2) is 10.1. The molecule has 1 heterocycles. The van der Waals surface area contributed by atoms with E-state index in [1.54, 1.807) is 55.5 Å². The normalized spacial score (nSPS) is 11.8. The third-order valence-electron chi connectivity index (χ3n) is 5.02. The van der Waals surface area contributed by atoms with Gasteiger partial charge in [0.1, 0.15) is 11.6 Å². The second-order valence-electron chi connectivity index (χ2n) is 7.66. The first-order valence-electron chi connectivity index (χ1n) is 10.6. The number of anilines is 2. The van der Waals surface area contributed by atoms with Crippen molar-refractivity contribution in [2.24, 2.45) is 0 Å². The molecule has 0 aliphatic rings. The summed E-state index contributed by atoms with van der Waals surface area (Å²) in [5, 5.41) is 5.02. The van der Waals surface area contributed by atoms with Gasteiger partial charge in [-0.3, -0.25) is 19.0 Å². The van der Waals surface area contributed by atoms with Gasteiger partial charge in [0.15, 0.2) is 5.16 Å². The van der Waals surface area contributed by atoms with Crippen molar-refractivity contribution in [3.8, 4) is 5.69 Å². The highest BCUT2D eigenvalue weighted by Crippen LogP contribution is 2.27. The summed E-state index contributed by atoms with van der Waals surface area (Å²) >= 11 is 0.968. The number of aromatic nitrogens is 2. The number of carbonyl (C=O) groups excluding carboxylic acids is 2. The smallest absolute Gasteiger partial charge is 0.266 e. The summed E-state index contributed by atoms with van der Waals surface area (Å²) in [7, 11) is 0. The van der Waals surface area contributed by atoms with E-state index in [0.29, 0.717) is 23.0 Å². The lowest BCUT2D eigenvalue weighted by Crippen LogP contribution is -2.26. The minimum Gasteiger partial charge on any atom is -0.326 e. The summed E-state index contributed by atoms with van der Waals surface area (Å²) < 4.78 is 29.2. The maximum Gasteiger partial charge on any atom is 0.266 e. The zero-order valence-corrected chi connectivity index (χ0v) is 19.5. The van der Waals surface area contributed by atoms with Crippen molar-refractivity contribution >= 4 is 45.9 Å². The van der Waals surface area contributed by atoms with E-state index in [2.05, 4.69) is 15.6 Å². The lowest BCUT2D eigenvalue weighted by atomic mass is 10.2. The minimum absolute atomic E-state index is 0.0860. The Bertz CT molecular complexity index is 1490. The molecule has 0 fully saturated rings. The lowest BCUT2D eigenvalue weighted by molar-refractivity contribution is -0.115. The number of rotatable bonds is 6. The van der Waals surface area contributed by atoms with E-state index >= 15 is 0 Å². The Kier molecular flexibility index (Phi) is 6.92. The quantitative estimate of drug-likeness (QED) is 0.298. The van der Waals surface area contributed by atoms with Crippen molar-refractivity contribution in [2.45, 2.75) is 24.3 Å². The summed E-state index contributed by atoms with van der Waals surface area (Å²) in [4.78, 5) is 41.7. The van der Waals surface area contributed by atoms with E-state index in [4.69, 9.17) is 0 Å². The number of thioether (sulfide) groups is 1. The molecule has 10 heteroatoms. The lowest BCUT2D eigenvalue weighted by Gasteiger charge is -2.17. The molecular weight excluding hydrogens is 474 g/mol. The fourth-order valence-corrected chi connectivity index (χ4v) is 4.28. The Balaban J connectivity index is 1.65. The van der Waals surface area contributed by atoms with Crippen LogP contribution in [0, 0.1) is 11.6 Å². The number of carbonyl (C=O) groups is 2. The largest absolute Gasteiger partial charge is 0.326 e. The van der Waals surface area contributed by atoms with Crippen molar-refractivity contribution in [1.29, 1.82) is 0 Å². The summed E-state index contributed by atoms with van der Waals surface area (Å²) in [6.07, 6.45) is 0. The van der Waals surface area contributed by atoms with Gasteiger partial charge < -0.3 is 10.6 Å². The predicted molar refractivity (Wildman–Crippen MR) is 132 cm³/mol. The van der Waals surface area contributed by atoms with Crippen LogP contribution in [0.5, 0.6) is 0 Å². The van der Waals surface area contributed by atoms with Gasteiger partial charge in [0.25, 0.3) is 5.56 Å². The van der Waals surface area contributed by atoms with Crippen LogP contribution in [0.1, 0.15) is 13.8 Å². The zero-order chi connectivity index (χ0) is 25.1. The topological polar surface area (TPSA) is 93.1 Å². The zero-order valence-electron chi connectivity index (χ0n) is 18.7. The summed E-state index contributed by atoms with van der Waals surface area (Å²) in [6.45, 7) is 3.02. The number of benzene rings is 3. The van der Waals surface area contributed by atoms with Gasteiger partial charge >= 0.3 is 0 Å². The number of hydrogen-bond donors (Lipinski definition) is 2. The van der Waals surface area contributed by atoms with Gasteiger partial charge in [-0.1, -0.05) is 23.9 Å². The SMILES string of the molecule is CC(=O)Nc1ccc(NC(=O)C(C)Sc2nc3ccccc3c(=O)n2-c2ccc(F)cc2F)cc1. The summed E-state index contributed by atoms with van der Waals surface area (Å²) in [5.41, 5.74) is 0.775. The van der Waals surface area contributed by atoms with Crippen LogP contribution in [0.15, 0.2) is 76.7 Å². The molecule has 35 heavy (non-hydrogen) atoms. The third kappa shape index (κ3) is 5.38. The molecular formula is C25H20F2N4O3S. The number of amides is 2. The van der Waals surface area contributed by atoms with Crippen molar-refractivity contribution < 1.29 is 18.4 Å². The van der Waals surface area contributed by atoms with E-state index in [0.717, 1.165) is 28.5 Å². The van der Waals surface area contributed by atoms with Gasteiger partial charge in [-0.25, -0.2) is 13.8 Å². The van der Waals surface area contributed by atoms with E-state index in [1.807, 2.05) is 0 Å². The molecule has 0 aliphatic heterocycles. The second-order valence-corrected chi connectivity index (χ2v) is 8.96. The van der Waals surface area contributed by atoms with Gasteiger partial charge in [-0.05, 0) is 55.5 Å². The van der Waals surface area contributed by atoms with E-state index < -0.39 is 22.4 Å². The molecule has 4 aromatic rings. The molecule has 0 aliphatic carbocycles. The van der Waals surface area contributed by atoms with Crippen LogP contribution >= 0.6 is 11.8 Å². The molecule has 1 unspecified atom stereocenters. The van der Waals surface area contributed by atoms with Crippen LogP contribution < -0.4 is 16.2 Å². The van der Waals surface area contributed by atoms with Gasteiger partial charge in [0.05, 0.1) is 21.8 Å². The third-order valence-corrected chi connectivity index (χ3v) is 6.07. The van der Waals surface area contributed by atoms with Crippen LogP contribution in [-0.4, -0.2) is 26.6 Å². The first kappa shape index (κ1) is 24.1. The number of fused-ring (bicyclic) bond motifs is 1. The number of hydrogen-bond acceptors (Lipinski definition) is 5. The Labute approximate surface area is 203 Å². The number of nitrogens with one attached hydrogen (secondary N) is 2. The van der Waals surface area contributed by atoms with Crippen LogP contribution in [0.3, 0.4) is 0 Å². The fraction of sp³-hybridized carbons (Fsp3) is 0.120. The highest BCUT2D eigenvalue weighted by Gasteiger charge is 2.22. The Morgan fingerprint density at radius 1 is 0.971 bits per heavy atom. The number of halogens is 2. The van der Waals surface area contributed by atoms with Gasteiger partial charge in [-0.15, -0.1) is 0 Å². The van der Waals surface area contributed by atoms with Gasteiger partial charge in [0, 0.05) is 24.4 Å². The minimum atomic E-state index is -0.928.